The minimum absolute atomic E-state index is 0.00977. The summed E-state index contributed by atoms with van der Waals surface area (Å²) in [4.78, 5) is 36.4. The number of aliphatic hydroxyl groups is 1. The predicted octanol–water partition coefficient (Wildman–Crippen LogP) is 6.24. The number of aliphatic hydroxyl groups excluding tert-OH is 1. The van der Waals surface area contributed by atoms with Crippen LogP contribution in [0.5, 0.6) is 5.75 Å². The molecule has 3 aromatic heterocycles. The highest BCUT2D eigenvalue weighted by Gasteiger charge is 2.35. The van der Waals surface area contributed by atoms with Crippen LogP contribution >= 0.6 is 11.3 Å². The van der Waals surface area contributed by atoms with Gasteiger partial charge in [-0.25, -0.2) is 13.8 Å². The van der Waals surface area contributed by atoms with Gasteiger partial charge in [0.2, 0.25) is 11.8 Å². The summed E-state index contributed by atoms with van der Waals surface area (Å²) >= 11 is 1.40. The van der Waals surface area contributed by atoms with Crippen molar-refractivity contribution in [2.45, 2.75) is 44.9 Å². The van der Waals surface area contributed by atoms with E-state index in [0.717, 1.165) is 39.9 Å². The molecule has 0 radical (unpaired) electrons. The number of thiophene rings is 1. The molecule has 0 spiro atoms. The van der Waals surface area contributed by atoms with Crippen molar-refractivity contribution >= 4 is 33.2 Å². The monoisotopic (exact) mass is 726 g/mol. The fourth-order valence-electron chi connectivity index (χ4n) is 7.43. The van der Waals surface area contributed by atoms with Gasteiger partial charge in [-0.1, -0.05) is 18.7 Å². The van der Waals surface area contributed by atoms with Gasteiger partial charge in [0.1, 0.15) is 35.4 Å². The van der Waals surface area contributed by atoms with Crippen molar-refractivity contribution in [1.29, 1.82) is 0 Å². The van der Waals surface area contributed by atoms with Crippen LogP contribution in [0.25, 0.3) is 43.9 Å². The van der Waals surface area contributed by atoms with Gasteiger partial charge in [-0.05, 0) is 68.1 Å². The quantitative estimate of drug-likeness (QED) is 0.189. The molecule has 5 aromatic rings. The number of pyridine rings is 1. The number of hydrogen-bond donors (Lipinski definition) is 1. The Bertz CT molecular complexity index is 2230. The molecule has 10 nitrogen and oxygen atoms in total. The van der Waals surface area contributed by atoms with E-state index in [4.69, 9.17) is 14.8 Å². The second-order valence-corrected chi connectivity index (χ2v) is 14.6. The summed E-state index contributed by atoms with van der Waals surface area (Å²) in [6.45, 7) is 8.04. The van der Waals surface area contributed by atoms with Crippen LogP contribution in [-0.4, -0.2) is 93.3 Å². The fourth-order valence-corrected chi connectivity index (χ4v) is 8.38. The number of aromatic nitrogens is 3. The third kappa shape index (κ3) is 6.06. The Morgan fingerprint density at radius 2 is 1.88 bits per heavy atom. The van der Waals surface area contributed by atoms with Crippen molar-refractivity contribution in [1.82, 2.24) is 29.5 Å². The van der Waals surface area contributed by atoms with Crippen molar-refractivity contribution in [3.63, 3.8) is 0 Å². The molecule has 2 amide bonds. The van der Waals surface area contributed by atoms with Gasteiger partial charge >= 0.3 is 0 Å². The molecule has 0 unspecified atom stereocenters. The largest absolute Gasteiger partial charge is 0.490 e. The molecular weight excluding hydrogens is 687 g/mol. The summed E-state index contributed by atoms with van der Waals surface area (Å²) in [5.74, 6) is -1.86. The van der Waals surface area contributed by atoms with E-state index in [1.807, 2.05) is 55.2 Å². The Labute approximate surface area is 304 Å². The minimum Gasteiger partial charge on any atom is -0.490 e. The maximum absolute atomic E-state index is 16.2. The van der Waals surface area contributed by atoms with Gasteiger partial charge in [-0.2, -0.15) is 5.10 Å². The predicted molar refractivity (Wildman–Crippen MR) is 197 cm³/mol. The van der Waals surface area contributed by atoms with Gasteiger partial charge in [0.05, 0.1) is 41.7 Å². The first-order valence-corrected chi connectivity index (χ1v) is 18.0. The molecule has 1 N–H and O–H groups in total. The molecule has 3 atom stereocenters. The van der Waals surface area contributed by atoms with Crippen molar-refractivity contribution in [3.05, 3.63) is 89.0 Å². The number of hydrogen-bond acceptors (Lipinski definition) is 8. The molecule has 5 heterocycles. The molecule has 0 fully saturated rings. The molecule has 270 valence electrons. The number of rotatable bonds is 8. The number of amides is 2. The molecule has 7 rings (SSSR count). The Morgan fingerprint density at radius 3 is 2.62 bits per heavy atom. The van der Waals surface area contributed by atoms with E-state index >= 15 is 4.39 Å². The summed E-state index contributed by atoms with van der Waals surface area (Å²) < 4.78 is 39.2. The van der Waals surface area contributed by atoms with Crippen LogP contribution in [0, 0.1) is 11.6 Å². The number of nitrogens with zero attached hydrogens (tertiary/aromatic N) is 6. The summed E-state index contributed by atoms with van der Waals surface area (Å²) in [5, 5.41) is 17.2. The topological polar surface area (TPSA) is 104 Å². The van der Waals surface area contributed by atoms with Crippen molar-refractivity contribution in [2.75, 3.05) is 40.9 Å². The number of fused-ring (bicyclic) bond motifs is 3. The van der Waals surface area contributed by atoms with Crippen LogP contribution in [0.15, 0.2) is 60.5 Å². The lowest BCUT2D eigenvalue weighted by atomic mass is 9.90. The number of ether oxygens (including phenoxy) is 1. The van der Waals surface area contributed by atoms with Crippen molar-refractivity contribution in [2.24, 2.45) is 0 Å². The molecular formula is C39H40F2N6O4S. The minimum atomic E-state index is -0.842. The molecule has 0 aliphatic carbocycles. The molecule has 2 aliphatic rings. The average molecular weight is 727 g/mol. The lowest BCUT2D eigenvalue weighted by Gasteiger charge is -2.36. The number of carbonyl (C=O) groups is 2. The van der Waals surface area contributed by atoms with Crippen LogP contribution in [0.1, 0.15) is 42.8 Å². The SMILES string of the molecule is C=CC(=O)N1C[C@H](C)n2nc(-c3nc(-c4ccc5c(c4)CN(C)[C@@H](C(=O)N(C)C)C5)c4ccsc4c3-c3c(F)cc(F)cc3OCCO)cc2[C@H]1C. The van der Waals surface area contributed by atoms with Crippen molar-refractivity contribution in [3.8, 4) is 39.5 Å². The van der Waals surface area contributed by atoms with E-state index in [0.29, 0.717) is 46.9 Å². The summed E-state index contributed by atoms with van der Waals surface area (Å²) in [5.41, 5.74) is 5.64. The van der Waals surface area contributed by atoms with E-state index in [2.05, 4.69) is 17.5 Å². The molecule has 13 heteroatoms. The number of likely N-dealkylation sites (N-methyl/N-ethyl adjacent to an activating group) is 2. The van der Waals surface area contributed by atoms with Crippen LogP contribution in [0.4, 0.5) is 8.78 Å². The molecule has 52 heavy (non-hydrogen) atoms. The molecule has 0 saturated carbocycles. The highest BCUT2D eigenvalue weighted by molar-refractivity contribution is 7.18. The summed E-state index contributed by atoms with van der Waals surface area (Å²) in [6.07, 6.45) is 1.88. The zero-order chi connectivity index (χ0) is 37.0. The number of benzene rings is 2. The first-order valence-electron chi connectivity index (χ1n) is 17.1. The van der Waals surface area contributed by atoms with Gasteiger partial charge in [0, 0.05) is 60.5 Å². The zero-order valence-electron chi connectivity index (χ0n) is 29.7. The highest BCUT2D eigenvalue weighted by Crippen LogP contribution is 2.48. The van der Waals surface area contributed by atoms with Gasteiger partial charge in [0.15, 0.2) is 0 Å². The fraction of sp³-hybridized carbons (Fsp3) is 0.333. The Morgan fingerprint density at radius 1 is 1.10 bits per heavy atom. The van der Waals surface area contributed by atoms with Crippen LogP contribution < -0.4 is 4.74 Å². The number of halogens is 2. The molecule has 0 saturated heterocycles. The molecule has 2 aromatic carbocycles. The van der Waals surface area contributed by atoms with Gasteiger partial charge in [0.25, 0.3) is 0 Å². The van der Waals surface area contributed by atoms with E-state index in [-0.39, 0.29) is 54.5 Å². The van der Waals surface area contributed by atoms with Crippen LogP contribution in [-0.2, 0) is 22.6 Å². The smallest absolute Gasteiger partial charge is 0.246 e. The third-order valence-electron chi connectivity index (χ3n) is 10.0. The average Bonchev–Trinajstić information content (AvgIpc) is 3.80. The summed E-state index contributed by atoms with van der Waals surface area (Å²) in [7, 11) is 5.48. The van der Waals surface area contributed by atoms with E-state index in [9.17, 15) is 19.1 Å². The number of carbonyl (C=O) groups excluding carboxylic acids is 2. The highest BCUT2D eigenvalue weighted by atomic mass is 32.1. The first kappa shape index (κ1) is 35.4. The maximum atomic E-state index is 16.2. The lowest BCUT2D eigenvalue weighted by Crippen LogP contribution is -2.48. The van der Waals surface area contributed by atoms with Crippen LogP contribution in [0.2, 0.25) is 0 Å². The van der Waals surface area contributed by atoms with Gasteiger partial charge in [-0.15, -0.1) is 11.3 Å². The second kappa shape index (κ2) is 13.9. The second-order valence-electron chi connectivity index (χ2n) is 13.7. The molecule has 2 aliphatic heterocycles. The van der Waals surface area contributed by atoms with Gasteiger partial charge < -0.3 is 19.6 Å². The van der Waals surface area contributed by atoms with E-state index in [1.165, 1.54) is 17.4 Å². The first-order chi connectivity index (χ1) is 24.9. The normalized spacial score (nSPS) is 18.6. The van der Waals surface area contributed by atoms with Crippen molar-refractivity contribution < 1.29 is 28.2 Å². The summed E-state index contributed by atoms with van der Waals surface area (Å²) in [6, 6.07) is 11.1. The van der Waals surface area contributed by atoms with Gasteiger partial charge in [-0.3, -0.25) is 19.2 Å². The lowest BCUT2D eigenvalue weighted by molar-refractivity contribution is -0.134. The third-order valence-corrected chi connectivity index (χ3v) is 11.0. The Kier molecular flexibility index (Phi) is 9.45. The Balaban J connectivity index is 1.46. The van der Waals surface area contributed by atoms with Crippen LogP contribution in [0.3, 0.4) is 0 Å². The maximum Gasteiger partial charge on any atom is 0.246 e. The standard InChI is InChI=1S/C39H40F2N6O4S/c1-7-33(49)46-19-21(2)47-30(22(46)3)18-29(43-47)37-35(34-28(41)16-26(40)17-32(34)51-12-11-48)38-27(10-13-52-38)36(42-37)24-9-8-23-15-31(39(50)44(4)5)45(6)20-25(23)14-24/h7-10,13-14,16-18,21-22,31,48H,1,11-12,15,19-20H2,2-6H3/t21-,22+,31+/m0/s1. The Hall–Kier alpha value is -4.98. The zero-order valence-corrected chi connectivity index (χ0v) is 30.5. The molecule has 0 bridgehead atoms. The van der Waals surface area contributed by atoms with E-state index in [1.54, 1.807) is 23.9 Å². The van der Waals surface area contributed by atoms with E-state index < -0.39 is 11.6 Å².